The third kappa shape index (κ3) is 7.98. The minimum absolute atomic E-state index is 0.0161. The molecule has 0 spiro atoms. The van der Waals surface area contributed by atoms with Gasteiger partial charge in [0, 0.05) is 0 Å². The summed E-state index contributed by atoms with van der Waals surface area (Å²) < 4.78 is 4.99. The van der Waals surface area contributed by atoms with Crippen molar-refractivity contribution in [2.24, 2.45) is 5.41 Å². The first kappa shape index (κ1) is 11.9. The number of aliphatic hydroxyl groups excluding tert-OH is 2. The molecule has 12 heavy (non-hydrogen) atoms. The maximum atomic E-state index is 9.40. The van der Waals surface area contributed by atoms with Crippen molar-refractivity contribution in [1.82, 2.24) is 0 Å². The lowest BCUT2D eigenvalue weighted by atomic mass is 9.89. The summed E-state index contributed by atoms with van der Waals surface area (Å²) in [5.41, 5.74) is 0.127. The Labute approximate surface area is 74.4 Å². The van der Waals surface area contributed by atoms with Crippen molar-refractivity contribution in [3.63, 3.8) is 0 Å². The predicted molar refractivity (Wildman–Crippen MR) is 48.0 cm³/mol. The Bertz CT molecular complexity index is 107. The van der Waals surface area contributed by atoms with Crippen LogP contribution in [-0.2, 0) is 4.74 Å². The van der Waals surface area contributed by atoms with Crippen LogP contribution in [0.25, 0.3) is 0 Å². The van der Waals surface area contributed by atoms with Crippen LogP contribution in [0.15, 0.2) is 0 Å². The Morgan fingerprint density at radius 2 is 1.92 bits per heavy atom. The molecule has 0 rings (SSSR count). The van der Waals surface area contributed by atoms with Crippen molar-refractivity contribution < 1.29 is 14.9 Å². The molecule has 0 aromatic rings. The lowest BCUT2D eigenvalue weighted by molar-refractivity contribution is 0.00469. The molecule has 3 heteroatoms. The van der Waals surface area contributed by atoms with Crippen LogP contribution in [0.2, 0.25) is 0 Å². The second-order valence-corrected chi connectivity index (χ2v) is 4.22. The van der Waals surface area contributed by atoms with Crippen LogP contribution in [-0.4, -0.2) is 36.1 Å². The molecule has 0 aliphatic heterocycles. The Balaban J connectivity index is 3.40. The SMILES string of the molecule is CC(C)(C)CC(O)COCCO. The summed E-state index contributed by atoms with van der Waals surface area (Å²) in [7, 11) is 0. The molecule has 74 valence electrons. The molecule has 0 aromatic heterocycles. The van der Waals surface area contributed by atoms with Gasteiger partial charge in [-0.05, 0) is 11.8 Å². The summed E-state index contributed by atoms with van der Waals surface area (Å²) in [6, 6.07) is 0. The Kier molecular flexibility index (Phi) is 5.46. The van der Waals surface area contributed by atoms with Gasteiger partial charge in [-0.3, -0.25) is 0 Å². The van der Waals surface area contributed by atoms with Gasteiger partial charge in [0.25, 0.3) is 0 Å². The molecule has 0 saturated heterocycles. The Hall–Kier alpha value is -0.120. The highest BCUT2D eigenvalue weighted by molar-refractivity contribution is 4.67. The van der Waals surface area contributed by atoms with E-state index in [4.69, 9.17) is 9.84 Å². The molecule has 0 aliphatic carbocycles. The fourth-order valence-electron chi connectivity index (χ4n) is 1.05. The Morgan fingerprint density at radius 1 is 1.33 bits per heavy atom. The molecule has 0 fully saturated rings. The zero-order chi connectivity index (χ0) is 9.61. The topological polar surface area (TPSA) is 49.7 Å². The van der Waals surface area contributed by atoms with E-state index in [0.717, 1.165) is 6.42 Å². The number of hydrogen-bond acceptors (Lipinski definition) is 3. The summed E-state index contributed by atoms with van der Waals surface area (Å²) in [5.74, 6) is 0. The van der Waals surface area contributed by atoms with Crippen molar-refractivity contribution in [2.45, 2.75) is 33.3 Å². The number of hydrogen-bond donors (Lipinski definition) is 2. The maximum Gasteiger partial charge on any atom is 0.0778 e. The Morgan fingerprint density at radius 3 is 2.33 bits per heavy atom. The molecule has 1 unspecified atom stereocenters. The normalized spacial score (nSPS) is 14.8. The summed E-state index contributed by atoms with van der Waals surface area (Å²) in [6.07, 6.45) is 0.301. The fraction of sp³-hybridized carbons (Fsp3) is 1.00. The molecule has 1 atom stereocenters. The molecule has 3 nitrogen and oxygen atoms in total. The van der Waals surface area contributed by atoms with E-state index in [1.165, 1.54) is 0 Å². The van der Waals surface area contributed by atoms with E-state index in [2.05, 4.69) is 20.8 Å². The summed E-state index contributed by atoms with van der Waals surface area (Å²) >= 11 is 0. The van der Waals surface area contributed by atoms with Gasteiger partial charge in [0.2, 0.25) is 0 Å². The van der Waals surface area contributed by atoms with Gasteiger partial charge in [-0.15, -0.1) is 0 Å². The average Bonchev–Trinajstić information content (AvgIpc) is 1.84. The van der Waals surface area contributed by atoms with E-state index in [1.54, 1.807) is 0 Å². The number of ether oxygens (including phenoxy) is 1. The molecule has 0 radical (unpaired) electrons. The van der Waals surface area contributed by atoms with Gasteiger partial charge in [0.15, 0.2) is 0 Å². The second kappa shape index (κ2) is 5.51. The predicted octanol–water partition coefficient (Wildman–Crippen LogP) is 0.792. The molecule has 0 heterocycles. The van der Waals surface area contributed by atoms with Gasteiger partial charge in [-0.1, -0.05) is 20.8 Å². The lowest BCUT2D eigenvalue weighted by Gasteiger charge is -2.21. The summed E-state index contributed by atoms with van der Waals surface area (Å²) in [5, 5.41) is 17.8. The largest absolute Gasteiger partial charge is 0.394 e. The van der Waals surface area contributed by atoms with Gasteiger partial charge in [0.1, 0.15) is 0 Å². The van der Waals surface area contributed by atoms with E-state index in [-0.39, 0.29) is 12.0 Å². The van der Waals surface area contributed by atoms with E-state index in [0.29, 0.717) is 13.2 Å². The van der Waals surface area contributed by atoms with Crippen LogP contribution >= 0.6 is 0 Å². The fourth-order valence-corrected chi connectivity index (χ4v) is 1.05. The highest BCUT2D eigenvalue weighted by Gasteiger charge is 2.16. The first-order valence-corrected chi connectivity index (χ1v) is 4.32. The van der Waals surface area contributed by atoms with Crippen LogP contribution in [0.5, 0.6) is 0 Å². The van der Waals surface area contributed by atoms with Crippen LogP contribution in [0, 0.1) is 5.41 Å². The van der Waals surface area contributed by atoms with Crippen LogP contribution in [0.4, 0.5) is 0 Å². The quantitative estimate of drug-likeness (QED) is 0.609. The minimum Gasteiger partial charge on any atom is -0.394 e. The first-order chi connectivity index (χ1) is 5.45. The third-order valence-electron chi connectivity index (χ3n) is 1.39. The first-order valence-electron chi connectivity index (χ1n) is 4.32. The maximum absolute atomic E-state index is 9.40. The summed E-state index contributed by atoms with van der Waals surface area (Å²) in [6.45, 7) is 6.86. The average molecular weight is 176 g/mol. The van der Waals surface area contributed by atoms with Crippen molar-refractivity contribution in [1.29, 1.82) is 0 Å². The molecule has 2 N–H and O–H groups in total. The molecule has 0 saturated carbocycles. The zero-order valence-electron chi connectivity index (χ0n) is 8.21. The molecule has 0 aliphatic rings. The van der Waals surface area contributed by atoms with E-state index < -0.39 is 6.10 Å². The van der Waals surface area contributed by atoms with Gasteiger partial charge in [-0.2, -0.15) is 0 Å². The summed E-state index contributed by atoms with van der Waals surface area (Å²) in [4.78, 5) is 0. The molecule has 0 bridgehead atoms. The zero-order valence-corrected chi connectivity index (χ0v) is 8.21. The molecular formula is C9H20O3. The second-order valence-electron chi connectivity index (χ2n) is 4.22. The van der Waals surface area contributed by atoms with Crippen LogP contribution < -0.4 is 0 Å². The van der Waals surface area contributed by atoms with Crippen molar-refractivity contribution in [3.05, 3.63) is 0 Å². The lowest BCUT2D eigenvalue weighted by Crippen LogP contribution is -2.23. The highest BCUT2D eigenvalue weighted by atomic mass is 16.5. The van der Waals surface area contributed by atoms with Gasteiger partial charge < -0.3 is 14.9 Å². The molecule has 0 amide bonds. The smallest absolute Gasteiger partial charge is 0.0778 e. The third-order valence-corrected chi connectivity index (χ3v) is 1.39. The minimum atomic E-state index is -0.420. The van der Waals surface area contributed by atoms with Crippen molar-refractivity contribution in [2.75, 3.05) is 19.8 Å². The van der Waals surface area contributed by atoms with E-state index in [9.17, 15) is 5.11 Å². The molecular weight excluding hydrogens is 156 g/mol. The van der Waals surface area contributed by atoms with Crippen LogP contribution in [0.3, 0.4) is 0 Å². The van der Waals surface area contributed by atoms with Crippen molar-refractivity contribution in [3.8, 4) is 0 Å². The van der Waals surface area contributed by atoms with Gasteiger partial charge >= 0.3 is 0 Å². The number of rotatable bonds is 5. The van der Waals surface area contributed by atoms with Crippen molar-refractivity contribution >= 4 is 0 Å². The number of aliphatic hydroxyl groups is 2. The van der Waals surface area contributed by atoms with E-state index in [1.807, 2.05) is 0 Å². The highest BCUT2D eigenvalue weighted by Crippen LogP contribution is 2.20. The van der Waals surface area contributed by atoms with Gasteiger partial charge in [0.05, 0.1) is 25.9 Å². The molecule has 0 aromatic carbocycles. The van der Waals surface area contributed by atoms with Gasteiger partial charge in [-0.25, -0.2) is 0 Å². The van der Waals surface area contributed by atoms with Crippen LogP contribution in [0.1, 0.15) is 27.2 Å². The van der Waals surface area contributed by atoms with E-state index >= 15 is 0 Å². The standard InChI is InChI=1S/C9H20O3/c1-9(2,3)6-8(11)7-12-5-4-10/h8,10-11H,4-7H2,1-3H3. The monoisotopic (exact) mass is 176 g/mol.